The lowest BCUT2D eigenvalue weighted by molar-refractivity contribution is -0.384. The minimum absolute atomic E-state index is 0.0985. The molecule has 0 aliphatic rings. The Bertz CT molecular complexity index is 671. The highest BCUT2D eigenvalue weighted by Crippen LogP contribution is 2.33. The van der Waals surface area contributed by atoms with Crippen molar-refractivity contribution in [3.63, 3.8) is 0 Å². The zero-order valence-electron chi connectivity index (χ0n) is 9.67. The number of primary amides is 1. The number of nitro groups is 1. The number of benzene rings is 2. The predicted octanol–water partition coefficient (Wildman–Crippen LogP) is 3.01. The van der Waals surface area contributed by atoms with Gasteiger partial charge in [0.05, 0.1) is 4.92 Å². The van der Waals surface area contributed by atoms with Gasteiger partial charge in [-0.2, -0.15) is 0 Å². The van der Waals surface area contributed by atoms with Gasteiger partial charge in [0.15, 0.2) is 0 Å². The molecule has 0 heterocycles. The van der Waals surface area contributed by atoms with Gasteiger partial charge in [-0.1, -0.05) is 29.8 Å². The third kappa shape index (κ3) is 2.56. The average Bonchev–Trinajstić information content (AvgIpc) is 2.39. The zero-order chi connectivity index (χ0) is 14.0. The molecule has 19 heavy (non-hydrogen) atoms. The van der Waals surface area contributed by atoms with Crippen molar-refractivity contribution in [2.75, 3.05) is 0 Å². The highest BCUT2D eigenvalue weighted by atomic mass is 35.5. The summed E-state index contributed by atoms with van der Waals surface area (Å²) in [5.74, 6) is -0.613. The van der Waals surface area contributed by atoms with Gasteiger partial charge in [0.2, 0.25) is 5.91 Å². The lowest BCUT2D eigenvalue weighted by Gasteiger charge is -2.08. The van der Waals surface area contributed by atoms with E-state index in [1.165, 1.54) is 18.2 Å². The van der Waals surface area contributed by atoms with Crippen LogP contribution in [0.25, 0.3) is 11.1 Å². The van der Waals surface area contributed by atoms with Crippen LogP contribution in [0, 0.1) is 10.1 Å². The number of hydrogen-bond donors (Lipinski definition) is 1. The first kappa shape index (κ1) is 13.0. The van der Waals surface area contributed by atoms with Crippen LogP contribution in [-0.4, -0.2) is 10.8 Å². The molecule has 0 radical (unpaired) electrons. The van der Waals surface area contributed by atoms with Crippen LogP contribution >= 0.6 is 11.6 Å². The smallest absolute Gasteiger partial charge is 0.270 e. The maximum Gasteiger partial charge on any atom is 0.270 e. The topological polar surface area (TPSA) is 86.2 Å². The normalized spacial score (nSPS) is 10.2. The van der Waals surface area contributed by atoms with E-state index in [1.54, 1.807) is 24.3 Å². The fourth-order valence-corrected chi connectivity index (χ4v) is 1.99. The summed E-state index contributed by atoms with van der Waals surface area (Å²) in [6.07, 6.45) is 0. The molecular formula is C13H9ClN2O3. The Hall–Kier alpha value is -2.40. The summed E-state index contributed by atoms with van der Waals surface area (Å²) in [5, 5.41) is 11.1. The van der Waals surface area contributed by atoms with Gasteiger partial charge in [0.25, 0.3) is 5.69 Å². The molecule has 0 atom stereocenters. The quantitative estimate of drug-likeness (QED) is 0.690. The number of hydrogen-bond acceptors (Lipinski definition) is 3. The van der Waals surface area contributed by atoms with Crippen molar-refractivity contribution in [2.24, 2.45) is 5.73 Å². The maximum atomic E-state index is 11.4. The molecule has 2 N–H and O–H groups in total. The molecule has 6 heteroatoms. The summed E-state index contributed by atoms with van der Waals surface area (Å²) < 4.78 is 0. The number of amides is 1. The van der Waals surface area contributed by atoms with Gasteiger partial charge in [-0.05, 0) is 17.7 Å². The molecule has 0 spiro atoms. The number of nitrogens with two attached hydrogens (primary N) is 1. The maximum absolute atomic E-state index is 11.4. The van der Waals surface area contributed by atoms with Crippen LogP contribution in [0.5, 0.6) is 0 Å². The molecule has 0 bridgehead atoms. The van der Waals surface area contributed by atoms with Crippen LogP contribution in [0.15, 0.2) is 42.5 Å². The van der Waals surface area contributed by atoms with Crippen molar-refractivity contribution < 1.29 is 9.72 Å². The van der Waals surface area contributed by atoms with E-state index in [9.17, 15) is 14.9 Å². The summed E-state index contributed by atoms with van der Waals surface area (Å²) in [7, 11) is 0. The molecule has 0 aromatic heterocycles. The number of rotatable bonds is 3. The van der Waals surface area contributed by atoms with Crippen molar-refractivity contribution in [3.8, 4) is 11.1 Å². The second-order valence-corrected chi connectivity index (χ2v) is 4.24. The summed E-state index contributed by atoms with van der Waals surface area (Å²) in [6, 6.07) is 10.6. The molecule has 2 aromatic rings. The van der Waals surface area contributed by atoms with E-state index in [4.69, 9.17) is 17.3 Å². The number of halogens is 1. The number of nitro benzene ring substituents is 1. The zero-order valence-corrected chi connectivity index (χ0v) is 10.4. The third-order valence-corrected chi connectivity index (χ3v) is 2.97. The molecule has 5 nitrogen and oxygen atoms in total. The Labute approximate surface area is 113 Å². The van der Waals surface area contributed by atoms with E-state index in [0.29, 0.717) is 16.1 Å². The van der Waals surface area contributed by atoms with Gasteiger partial charge >= 0.3 is 0 Å². The first-order valence-corrected chi connectivity index (χ1v) is 5.71. The highest BCUT2D eigenvalue weighted by Gasteiger charge is 2.15. The van der Waals surface area contributed by atoms with Gasteiger partial charge < -0.3 is 5.73 Å². The van der Waals surface area contributed by atoms with Gasteiger partial charge in [0, 0.05) is 28.3 Å². The first-order chi connectivity index (χ1) is 9.00. The van der Waals surface area contributed by atoms with E-state index < -0.39 is 10.8 Å². The Morgan fingerprint density at radius 3 is 2.47 bits per heavy atom. The molecule has 0 fully saturated rings. The van der Waals surface area contributed by atoms with Gasteiger partial charge in [-0.15, -0.1) is 0 Å². The van der Waals surface area contributed by atoms with Crippen LogP contribution in [0.4, 0.5) is 5.69 Å². The number of non-ortho nitro benzene ring substituents is 1. The minimum atomic E-state index is -0.613. The molecule has 2 aromatic carbocycles. The van der Waals surface area contributed by atoms with Crippen molar-refractivity contribution in [1.29, 1.82) is 0 Å². The molecule has 0 saturated carbocycles. The fraction of sp³-hybridized carbons (Fsp3) is 0. The molecule has 0 aliphatic carbocycles. The molecule has 0 unspecified atom stereocenters. The second kappa shape index (κ2) is 5.07. The van der Waals surface area contributed by atoms with Crippen LogP contribution in [0.1, 0.15) is 10.4 Å². The van der Waals surface area contributed by atoms with Gasteiger partial charge in [-0.3, -0.25) is 14.9 Å². The molecule has 96 valence electrons. The van der Waals surface area contributed by atoms with Crippen LogP contribution in [0.2, 0.25) is 5.02 Å². The summed E-state index contributed by atoms with van der Waals surface area (Å²) in [6.45, 7) is 0. The van der Waals surface area contributed by atoms with E-state index >= 15 is 0 Å². The lowest BCUT2D eigenvalue weighted by atomic mass is 9.99. The SMILES string of the molecule is NC(=O)c1ccccc1-c1cc([N+](=O)[O-])ccc1Cl. The van der Waals surface area contributed by atoms with E-state index in [1.807, 2.05) is 0 Å². The largest absolute Gasteiger partial charge is 0.366 e. The molecular weight excluding hydrogens is 268 g/mol. The van der Waals surface area contributed by atoms with Crippen molar-refractivity contribution >= 4 is 23.2 Å². The number of carbonyl (C=O) groups is 1. The Morgan fingerprint density at radius 1 is 1.16 bits per heavy atom. The van der Waals surface area contributed by atoms with Crippen molar-refractivity contribution in [3.05, 3.63) is 63.2 Å². The second-order valence-electron chi connectivity index (χ2n) is 3.83. The Morgan fingerprint density at radius 2 is 1.84 bits per heavy atom. The summed E-state index contributed by atoms with van der Waals surface area (Å²) in [5.41, 5.74) is 6.34. The Balaban J connectivity index is 2.68. The van der Waals surface area contributed by atoms with E-state index in [0.717, 1.165) is 0 Å². The summed E-state index contributed by atoms with van der Waals surface area (Å²) >= 11 is 6.04. The third-order valence-electron chi connectivity index (χ3n) is 2.64. The lowest BCUT2D eigenvalue weighted by Crippen LogP contribution is -2.12. The Kier molecular flexibility index (Phi) is 3.48. The molecule has 1 amide bonds. The van der Waals surface area contributed by atoms with E-state index in [-0.39, 0.29) is 11.3 Å². The van der Waals surface area contributed by atoms with Crippen LogP contribution in [-0.2, 0) is 0 Å². The molecule has 2 rings (SSSR count). The van der Waals surface area contributed by atoms with Gasteiger partial charge in [-0.25, -0.2) is 0 Å². The van der Waals surface area contributed by atoms with Gasteiger partial charge in [0.1, 0.15) is 0 Å². The van der Waals surface area contributed by atoms with Crippen molar-refractivity contribution in [2.45, 2.75) is 0 Å². The minimum Gasteiger partial charge on any atom is -0.366 e. The number of nitrogens with zero attached hydrogens (tertiary/aromatic N) is 1. The van der Waals surface area contributed by atoms with E-state index in [2.05, 4.69) is 0 Å². The number of carbonyl (C=O) groups excluding carboxylic acids is 1. The monoisotopic (exact) mass is 276 g/mol. The first-order valence-electron chi connectivity index (χ1n) is 5.34. The summed E-state index contributed by atoms with van der Waals surface area (Å²) in [4.78, 5) is 21.6. The van der Waals surface area contributed by atoms with Crippen molar-refractivity contribution in [1.82, 2.24) is 0 Å². The molecule has 0 aliphatic heterocycles. The predicted molar refractivity (Wildman–Crippen MR) is 72.1 cm³/mol. The molecule has 0 saturated heterocycles. The standard InChI is InChI=1S/C13H9ClN2O3/c14-12-6-5-8(16(18)19)7-11(12)9-3-1-2-4-10(9)13(15)17/h1-7H,(H2,15,17). The average molecular weight is 277 g/mol. The fourth-order valence-electron chi connectivity index (χ4n) is 1.77. The van der Waals surface area contributed by atoms with Crippen LogP contribution in [0.3, 0.4) is 0 Å². The van der Waals surface area contributed by atoms with Crippen LogP contribution < -0.4 is 5.73 Å². The highest BCUT2D eigenvalue weighted by molar-refractivity contribution is 6.33.